The minimum Gasteiger partial charge on any atom is -0.508 e. The first-order chi connectivity index (χ1) is 15.5. The van der Waals surface area contributed by atoms with Gasteiger partial charge in [-0.05, 0) is 30.5 Å². The van der Waals surface area contributed by atoms with Crippen molar-refractivity contribution in [3.8, 4) is 0 Å². The van der Waals surface area contributed by atoms with Gasteiger partial charge in [0.25, 0.3) is 11.9 Å². The van der Waals surface area contributed by atoms with Gasteiger partial charge in [-0.25, -0.2) is 0 Å². The molecule has 1 fully saturated rings. The lowest BCUT2D eigenvalue weighted by Gasteiger charge is -2.39. The Kier molecular flexibility index (Phi) is 9.39. The average Bonchev–Trinajstić information content (AvgIpc) is 2.72. The number of carbonyl (C=O) groups is 4. The van der Waals surface area contributed by atoms with E-state index in [1.54, 1.807) is 18.2 Å². The highest BCUT2D eigenvalue weighted by Gasteiger charge is 2.54. The molecule has 1 heterocycles. The standard InChI is InChI=1S/C20H26BCl2N3O7/c1-11(2)6-15(26-16(27)10-25-14-7-12(22)4-5-13(14)23)21-32-18(30)9-20(33-21,8-17(28)29)19(31)24-3/h4-5,7,11,15,25H,6,8-10H2,1-3H3,(H,24,31)(H,26,27)(H,28,29)/t15-,20-/m0/s1. The Labute approximate surface area is 201 Å². The molecule has 33 heavy (non-hydrogen) atoms. The summed E-state index contributed by atoms with van der Waals surface area (Å²) in [5.74, 6) is -4.15. The Morgan fingerprint density at radius 1 is 1.27 bits per heavy atom. The molecule has 0 spiro atoms. The highest BCUT2D eigenvalue weighted by molar-refractivity contribution is 6.50. The molecule has 1 saturated heterocycles. The minimum atomic E-state index is -1.95. The van der Waals surface area contributed by atoms with E-state index in [2.05, 4.69) is 16.0 Å². The number of carbonyl (C=O) groups excluding carboxylic acids is 3. The molecule has 0 bridgehead atoms. The minimum absolute atomic E-state index is 0.0451. The number of nitrogens with one attached hydrogen (secondary N) is 3. The van der Waals surface area contributed by atoms with Gasteiger partial charge in [0.2, 0.25) is 5.91 Å². The predicted octanol–water partition coefficient (Wildman–Crippen LogP) is 1.89. The molecule has 1 aliphatic heterocycles. The van der Waals surface area contributed by atoms with Crippen LogP contribution >= 0.6 is 23.2 Å². The summed E-state index contributed by atoms with van der Waals surface area (Å²) in [5.41, 5.74) is -1.49. The molecule has 13 heteroatoms. The SMILES string of the molecule is CNC(=O)[C@]1(CC(=O)O)CC(=O)OB([C@H](CC(C)C)NC(=O)CNc2cc(Cl)ccc2Cl)O1. The van der Waals surface area contributed by atoms with E-state index in [9.17, 15) is 24.3 Å². The number of rotatable bonds is 10. The van der Waals surface area contributed by atoms with E-state index in [1.807, 2.05) is 13.8 Å². The van der Waals surface area contributed by atoms with Gasteiger partial charge in [-0.15, -0.1) is 0 Å². The van der Waals surface area contributed by atoms with Crippen molar-refractivity contribution >= 4 is 59.8 Å². The van der Waals surface area contributed by atoms with Crippen LogP contribution in [0.2, 0.25) is 10.0 Å². The fraction of sp³-hybridized carbons (Fsp3) is 0.500. The maximum Gasteiger partial charge on any atom is 0.552 e. The van der Waals surface area contributed by atoms with Crippen molar-refractivity contribution in [2.75, 3.05) is 18.9 Å². The second kappa shape index (κ2) is 11.6. The van der Waals surface area contributed by atoms with Crippen LogP contribution in [0.5, 0.6) is 0 Å². The van der Waals surface area contributed by atoms with Crippen LogP contribution in [-0.4, -0.2) is 61.1 Å². The molecular formula is C20H26BCl2N3O7. The Balaban J connectivity index is 2.18. The van der Waals surface area contributed by atoms with Gasteiger partial charge < -0.3 is 30.4 Å². The van der Waals surface area contributed by atoms with Crippen LogP contribution in [0.15, 0.2) is 18.2 Å². The molecule has 2 rings (SSSR count). The molecule has 1 aliphatic rings. The van der Waals surface area contributed by atoms with Crippen LogP contribution in [0.25, 0.3) is 0 Å². The summed E-state index contributed by atoms with van der Waals surface area (Å²) in [7, 11) is -0.0476. The van der Waals surface area contributed by atoms with Gasteiger partial charge in [-0.3, -0.25) is 19.2 Å². The van der Waals surface area contributed by atoms with Gasteiger partial charge in [0, 0.05) is 12.1 Å². The largest absolute Gasteiger partial charge is 0.552 e. The van der Waals surface area contributed by atoms with Crippen LogP contribution < -0.4 is 16.0 Å². The first kappa shape index (κ1) is 26.8. The van der Waals surface area contributed by atoms with Crippen molar-refractivity contribution in [3.63, 3.8) is 0 Å². The van der Waals surface area contributed by atoms with Crippen LogP contribution in [0.4, 0.5) is 5.69 Å². The number of hydrogen-bond donors (Lipinski definition) is 4. The van der Waals surface area contributed by atoms with Crippen LogP contribution in [0, 0.1) is 5.92 Å². The van der Waals surface area contributed by atoms with Crippen molar-refractivity contribution in [1.82, 2.24) is 10.6 Å². The van der Waals surface area contributed by atoms with E-state index in [-0.39, 0.29) is 12.5 Å². The molecule has 0 aromatic heterocycles. The number of amides is 2. The molecule has 10 nitrogen and oxygen atoms in total. The molecule has 180 valence electrons. The topological polar surface area (TPSA) is 143 Å². The second-order valence-corrected chi connectivity index (χ2v) is 8.92. The molecule has 2 atom stereocenters. The number of anilines is 1. The monoisotopic (exact) mass is 501 g/mol. The summed E-state index contributed by atoms with van der Waals surface area (Å²) in [6.45, 7) is 3.60. The number of carboxylic acids is 1. The van der Waals surface area contributed by atoms with E-state index >= 15 is 0 Å². The van der Waals surface area contributed by atoms with E-state index in [0.29, 0.717) is 22.2 Å². The number of benzene rings is 1. The second-order valence-electron chi connectivity index (χ2n) is 8.08. The number of carboxylic acid groups (broad SMARTS) is 1. The van der Waals surface area contributed by atoms with Gasteiger partial charge in [0.1, 0.15) is 0 Å². The zero-order chi connectivity index (χ0) is 24.8. The number of halogens is 2. The normalized spacial score (nSPS) is 19.0. The smallest absolute Gasteiger partial charge is 0.508 e. The van der Waals surface area contributed by atoms with Crippen LogP contribution in [-0.2, 0) is 28.5 Å². The number of hydrogen-bond acceptors (Lipinski definition) is 7. The number of aliphatic carboxylic acids is 1. The fourth-order valence-corrected chi connectivity index (χ4v) is 3.82. The summed E-state index contributed by atoms with van der Waals surface area (Å²) in [6, 6.07) is 4.76. The van der Waals surface area contributed by atoms with Gasteiger partial charge in [-0.1, -0.05) is 37.0 Å². The molecule has 0 radical (unpaired) electrons. The zero-order valence-electron chi connectivity index (χ0n) is 18.4. The number of likely N-dealkylation sites (N-methyl/N-ethyl adjacent to an activating group) is 1. The predicted molar refractivity (Wildman–Crippen MR) is 123 cm³/mol. The Morgan fingerprint density at radius 3 is 2.58 bits per heavy atom. The van der Waals surface area contributed by atoms with Crippen molar-refractivity contribution < 1.29 is 33.6 Å². The maximum atomic E-state index is 12.6. The Morgan fingerprint density at radius 2 is 1.97 bits per heavy atom. The fourth-order valence-electron chi connectivity index (χ4n) is 3.46. The van der Waals surface area contributed by atoms with Crippen LogP contribution in [0.1, 0.15) is 33.1 Å². The maximum absolute atomic E-state index is 12.6. The Bertz CT molecular complexity index is 914. The molecular weight excluding hydrogens is 476 g/mol. The quantitative estimate of drug-likeness (QED) is 0.356. The summed E-state index contributed by atoms with van der Waals surface area (Å²) < 4.78 is 11.0. The molecule has 1 aromatic carbocycles. The summed E-state index contributed by atoms with van der Waals surface area (Å²) in [4.78, 5) is 48.8. The molecule has 0 aliphatic carbocycles. The lowest BCUT2D eigenvalue weighted by Crippen LogP contribution is -2.63. The lowest BCUT2D eigenvalue weighted by atomic mass is 9.70. The summed E-state index contributed by atoms with van der Waals surface area (Å²) in [6.07, 6.45) is -0.972. The third-order valence-electron chi connectivity index (χ3n) is 4.86. The first-order valence-electron chi connectivity index (χ1n) is 10.3. The first-order valence-corrected chi connectivity index (χ1v) is 11.0. The summed E-state index contributed by atoms with van der Waals surface area (Å²) in [5, 5.41) is 18.0. The van der Waals surface area contributed by atoms with E-state index in [1.165, 1.54) is 7.05 Å². The van der Waals surface area contributed by atoms with Crippen molar-refractivity contribution in [2.45, 2.75) is 44.7 Å². The molecule has 2 amide bonds. The van der Waals surface area contributed by atoms with Gasteiger partial charge in [0.15, 0.2) is 5.60 Å². The third kappa shape index (κ3) is 7.51. The molecule has 1 aromatic rings. The summed E-state index contributed by atoms with van der Waals surface area (Å²) >= 11 is 12.0. The van der Waals surface area contributed by atoms with Crippen molar-refractivity contribution in [2.24, 2.45) is 5.92 Å². The van der Waals surface area contributed by atoms with Gasteiger partial charge in [0.05, 0.1) is 36.0 Å². The van der Waals surface area contributed by atoms with E-state index in [4.69, 9.17) is 32.5 Å². The van der Waals surface area contributed by atoms with Crippen molar-refractivity contribution in [1.29, 1.82) is 0 Å². The molecule has 0 saturated carbocycles. The zero-order valence-corrected chi connectivity index (χ0v) is 20.0. The third-order valence-corrected chi connectivity index (χ3v) is 5.43. The molecule has 4 N–H and O–H groups in total. The van der Waals surface area contributed by atoms with E-state index < -0.39 is 55.3 Å². The average molecular weight is 502 g/mol. The van der Waals surface area contributed by atoms with E-state index in [0.717, 1.165) is 0 Å². The van der Waals surface area contributed by atoms with Gasteiger partial charge in [-0.2, -0.15) is 0 Å². The van der Waals surface area contributed by atoms with Gasteiger partial charge >= 0.3 is 13.1 Å². The highest BCUT2D eigenvalue weighted by atomic mass is 35.5. The van der Waals surface area contributed by atoms with Crippen LogP contribution in [0.3, 0.4) is 0 Å². The van der Waals surface area contributed by atoms with Crippen molar-refractivity contribution in [3.05, 3.63) is 28.2 Å². The lowest BCUT2D eigenvalue weighted by molar-refractivity contribution is -0.164. The molecule has 0 unspecified atom stereocenters. The Hall–Kier alpha value is -2.50. The highest BCUT2D eigenvalue weighted by Crippen LogP contribution is 2.30.